The van der Waals surface area contributed by atoms with Gasteiger partial charge in [0.1, 0.15) is 0 Å². The third kappa shape index (κ3) is 5.22. The zero-order valence-electron chi connectivity index (χ0n) is 17.5. The lowest BCUT2D eigenvalue weighted by Gasteiger charge is -2.09. The number of aromatic nitrogens is 2. The molecule has 3 rings (SSSR count). The summed E-state index contributed by atoms with van der Waals surface area (Å²) in [6.45, 7) is 3.16. The summed E-state index contributed by atoms with van der Waals surface area (Å²) in [5.41, 5.74) is 1.09. The molecule has 31 heavy (non-hydrogen) atoms. The first-order chi connectivity index (χ1) is 14.8. The Morgan fingerprint density at radius 2 is 1.68 bits per heavy atom. The Kier molecular flexibility index (Phi) is 6.59. The molecule has 0 fully saturated rings. The lowest BCUT2D eigenvalue weighted by molar-refractivity contribution is -0.141. The molecule has 0 saturated carbocycles. The van der Waals surface area contributed by atoms with E-state index in [2.05, 4.69) is 10.4 Å². The molecule has 0 unspecified atom stereocenters. The summed E-state index contributed by atoms with van der Waals surface area (Å²) >= 11 is 0. The minimum Gasteiger partial charge on any atom is -0.457 e. The van der Waals surface area contributed by atoms with E-state index in [4.69, 9.17) is 4.74 Å². The Hall–Kier alpha value is -3.81. The number of esters is 1. The standard InChI is InChI=1S/C23H23N3O5/c1-14(2)22(29)24-16-10-8-15(9-11-16)20(27)13-31-21(28)12-19-17-6-4-5-7-18(17)23(30)26(3)25-19/h4-11,14H,12-13H2,1-3H3,(H,24,29). The monoisotopic (exact) mass is 421 g/mol. The number of anilines is 1. The highest BCUT2D eigenvalue weighted by Gasteiger charge is 2.15. The van der Waals surface area contributed by atoms with Crippen LogP contribution in [0.15, 0.2) is 53.3 Å². The largest absolute Gasteiger partial charge is 0.457 e. The summed E-state index contributed by atoms with van der Waals surface area (Å²) in [5.74, 6) is -1.26. The zero-order valence-corrected chi connectivity index (χ0v) is 17.5. The van der Waals surface area contributed by atoms with Crippen LogP contribution in [-0.4, -0.2) is 34.0 Å². The number of ketones is 1. The Labute approximate surface area is 178 Å². The highest BCUT2D eigenvalue weighted by atomic mass is 16.5. The second-order valence-electron chi connectivity index (χ2n) is 7.40. The lowest BCUT2D eigenvalue weighted by Crippen LogP contribution is -2.23. The number of carbonyl (C=O) groups is 3. The topological polar surface area (TPSA) is 107 Å². The number of amides is 1. The van der Waals surface area contributed by atoms with E-state index in [0.29, 0.717) is 27.7 Å². The van der Waals surface area contributed by atoms with Crippen LogP contribution < -0.4 is 10.9 Å². The Balaban J connectivity index is 1.62. The summed E-state index contributed by atoms with van der Waals surface area (Å²) in [6, 6.07) is 13.3. The van der Waals surface area contributed by atoms with Crippen LogP contribution in [0.5, 0.6) is 0 Å². The third-order valence-corrected chi connectivity index (χ3v) is 4.71. The van der Waals surface area contributed by atoms with Crippen molar-refractivity contribution in [1.29, 1.82) is 0 Å². The second-order valence-corrected chi connectivity index (χ2v) is 7.40. The summed E-state index contributed by atoms with van der Waals surface area (Å²) in [7, 11) is 1.51. The lowest BCUT2D eigenvalue weighted by atomic mass is 10.1. The Bertz CT molecular complexity index is 1200. The fraction of sp³-hybridized carbons (Fsp3) is 0.261. The molecule has 0 bridgehead atoms. The highest BCUT2D eigenvalue weighted by molar-refractivity contribution is 5.99. The second kappa shape index (κ2) is 9.34. The number of carbonyl (C=O) groups excluding carboxylic acids is 3. The number of rotatable bonds is 7. The molecule has 0 spiro atoms. The van der Waals surface area contributed by atoms with Crippen molar-refractivity contribution in [3.8, 4) is 0 Å². The van der Waals surface area contributed by atoms with E-state index in [1.165, 1.54) is 11.7 Å². The summed E-state index contributed by atoms with van der Waals surface area (Å²) in [4.78, 5) is 48.5. The molecule has 0 aliphatic heterocycles. The van der Waals surface area contributed by atoms with Crippen LogP contribution >= 0.6 is 0 Å². The molecule has 8 heteroatoms. The van der Waals surface area contributed by atoms with Crippen LogP contribution in [0.3, 0.4) is 0 Å². The van der Waals surface area contributed by atoms with Crippen LogP contribution in [0.1, 0.15) is 29.9 Å². The molecule has 160 valence electrons. The van der Waals surface area contributed by atoms with E-state index < -0.39 is 12.6 Å². The van der Waals surface area contributed by atoms with Gasteiger partial charge in [-0.15, -0.1) is 0 Å². The van der Waals surface area contributed by atoms with Crippen molar-refractivity contribution in [1.82, 2.24) is 9.78 Å². The number of Topliss-reactive ketones (excluding diaryl/α,β-unsaturated/α-hetero) is 1. The predicted molar refractivity (Wildman–Crippen MR) is 116 cm³/mol. The summed E-state index contributed by atoms with van der Waals surface area (Å²) in [6.07, 6.45) is -0.165. The normalized spacial score (nSPS) is 10.8. The molecule has 1 aromatic heterocycles. The van der Waals surface area contributed by atoms with Crippen LogP contribution in [-0.2, 0) is 27.8 Å². The molecule has 3 aromatic rings. The Morgan fingerprint density at radius 1 is 1.03 bits per heavy atom. The van der Waals surface area contributed by atoms with Gasteiger partial charge in [-0.3, -0.25) is 19.2 Å². The highest BCUT2D eigenvalue weighted by Crippen LogP contribution is 2.15. The summed E-state index contributed by atoms with van der Waals surface area (Å²) < 4.78 is 6.30. The van der Waals surface area contributed by atoms with Gasteiger partial charge in [-0.25, -0.2) is 4.68 Å². The van der Waals surface area contributed by atoms with Crippen LogP contribution in [0.4, 0.5) is 5.69 Å². The number of nitrogens with one attached hydrogen (secondary N) is 1. The van der Waals surface area contributed by atoms with E-state index in [1.807, 2.05) is 0 Å². The number of benzene rings is 2. The Morgan fingerprint density at radius 3 is 2.32 bits per heavy atom. The zero-order chi connectivity index (χ0) is 22.5. The van der Waals surface area contributed by atoms with Crippen molar-refractivity contribution in [3.63, 3.8) is 0 Å². The minimum absolute atomic E-state index is 0.118. The van der Waals surface area contributed by atoms with E-state index in [9.17, 15) is 19.2 Å². The molecule has 0 aliphatic carbocycles. The van der Waals surface area contributed by atoms with Crippen molar-refractivity contribution in [2.75, 3.05) is 11.9 Å². The van der Waals surface area contributed by atoms with Gasteiger partial charge in [0, 0.05) is 29.6 Å². The first-order valence-electron chi connectivity index (χ1n) is 9.81. The van der Waals surface area contributed by atoms with Crippen LogP contribution in [0.25, 0.3) is 10.8 Å². The van der Waals surface area contributed by atoms with E-state index >= 15 is 0 Å². The van der Waals surface area contributed by atoms with Crippen molar-refractivity contribution >= 4 is 34.1 Å². The molecule has 0 saturated heterocycles. The maximum absolute atomic E-state index is 12.3. The van der Waals surface area contributed by atoms with Crippen LogP contribution in [0.2, 0.25) is 0 Å². The van der Waals surface area contributed by atoms with E-state index in [1.54, 1.807) is 62.4 Å². The molecule has 0 radical (unpaired) electrons. The van der Waals surface area contributed by atoms with Gasteiger partial charge in [0.25, 0.3) is 5.56 Å². The molecule has 8 nitrogen and oxygen atoms in total. The van der Waals surface area contributed by atoms with Crippen LogP contribution in [0, 0.1) is 5.92 Å². The number of hydrogen-bond acceptors (Lipinski definition) is 6. The first-order valence-corrected chi connectivity index (χ1v) is 9.81. The summed E-state index contributed by atoms with van der Waals surface area (Å²) in [5, 5.41) is 7.94. The molecule has 0 aliphatic rings. The number of hydrogen-bond donors (Lipinski definition) is 1. The maximum Gasteiger partial charge on any atom is 0.312 e. The quantitative estimate of drug-likeness (QED) is 0.464. The molecule has 1 amide bonds. The first kappa shape index (κ1) is 21.9. The van der Waals surface area contributed by atoms with Crippen molar-refractivity contribution < 1.29 is 19.1 Å². The van der Waals surface area contributed by atoms with Gasteiger partial charge < -0.3 is 10.1 Å². The van der Waals surface area contributed by atoms with Gasteiger partial charge in [0.2, 0.25) is 5.91 Å². The molecule has 1 N–H and O–H groups in total. The molecule has 0 atom stereocenters. The van der Waals surface area contributed by atoms with Gasteiger partial charge in [-0.1, -0.05) is 32.0 Å². The third-order valence-electron chi connectivity index (χ3n) is 4.71. The maximum atomic E-state index is 12.3. The van der Waals surface area contributed by atoms with E-state index in [-0.39, 0.29) is 29.6 Å². The molecular formula is C23H23N3O5. The molecule has 2 aromatic carbocycles. The minimum atomic E-state index is -0.620. The smallest absolute Gasteiger partial charge is 0.312 e. The van der Waals surface area contributed by atoms with Crippen molar-refractivity contribution in [2.45, 2.75) is 20.3 Å². The van der Waals surface area contributed by atoms with Gasteiger partial charge in [0.05, 0.1) is 17.5 Å². The number of aryl methyl sites for hydroxylation is 1. The van der Waals surface area contributed by atoms with Gasteiger partial charge in [-0.05, 0) is 30.3 Å². The van der Waals surface area contributed by atoms with Gasteiger partial charge in [-0.2, -0.15) is 5.10 Å². The predicted octanol–water partition coefficient (Wildman–Crippen LogP) is 2.50. The average Bonchev–Trinajstić information content (AvgIpc) is 2.76. The van der Waals surface area contributed by atoms with Crippen molar-refractivity contribution in [2.24, 2.45) is 13.0 Å². The number of ether oxygens (including phenoxy) is 1. The molecule has 1 heterocycles. The van der Waals surface area contributed by atoms with E-state index in [0.717, 1.165) is 0 Å². The van der Waals surface area contributed by atoms with Gasteiger partial charge >= 0.3 is 5.97 Å². The number of nitrogens with zero attached hydrogens (tertiary/aromatic N) is 2. The fourth-order valence-corrected chi connectivity index (χ4v) is 2.95. The van der Waals surface area contributed by atoms with Gasteiger partial charge in [0.15, 0.2) is 12.4 Å². The number of fused-ring (bicyclic) bond motifs is 1. The molecular weight excluding hydrogens is 398 g/mol. The van der Waals surface area contributed by atoms with Crippen molar-refractivity contribution in [3.05, 3.63) is 70.1 Å². The average molecular weight is 421 g/mol. The fourth-order valence-electron chi connectivity index (χ4n) is 2.95. The SMILES string of the molecule is CC(C)C(=O)Nc1ccc(C(=O)COC(=O)Cc2nn(C)c(=O)c3ccccc23)cc1.